The van der Waals surface area contributed by atoms with Crippen LogP contribution in [-0.2, 0) is 20.2 Å². The number of phenols is 2. The summed E-state index contributed by atoms with van der Waals surface area (Å²) in [4.78, 5) is 6.12. The minimum absolute atomic E-state index is 0.0348. The number of aromatic hydroxyl groups is 2. The molecule has 5 N–H and O–H groups in total. The summed E-state index contributed by atoms with van der Waals surface area (Å²) in [5.41, 5.74) is -0.901. The maximum atomic E-state index is 12.1. The highest BCUT2D eigenvalue weighted by atomic mass is 35.5. The lowest BCUT2D eigenvalue weighted by atomic mass is 10.1. The SMILES string of the molecule is O=S(=O)(O)c1ccc(O)c(N=Nc2c(S(=O)(=O)O)cc3cc(Nc4nc(Cl)nc(Cl)c4Cl)ccc3c2O)c1. The Morgan fingerprint density at radius 1 is 0.842 bits per heavy atom. The van der Waals surface area contributed by atoms with Gasteiger partial charge in [-0.05, 0) is 59.5 Å². The molecule has 4 aromatic rings. The summed E-state index contributed by atoms with van der Waals surface area (Å²) in [7, 11) is -9.65. The van der Waals surface area contributed by atoms with Crippen LogP contribution in [0.1, 0.15) is 0 Å². The van der Waals surface area contributed by atoms with Crippen molar-refractivity contribution in [3.8, 4) is 11.5 Å². The fourth-order valence-electron chi connectivity index (χ4n) is 3.18. The first-order valence-corrected chi connectivity index (χ1v) is 13.8. The first-order chi connectivity index (χ1) is 17.6. The number of nitrogens with zero attached hydrogens (tertiary/aromatic N) is 4. The van der Waals surface area contributed by atoms with Crippen LogP contribution >= 0.6 is 34.8 Å². The zero-order valence-electron chi connectivity index (χ0n) is 18.2. The Hall–Kier alpha value is -3.31. The van der Waals surface area contributed by atoms with Gasteiger partial charge in [0.25, 0.3) is 20.2 Å². The number of anilines is 2. The zero-order chi connectivity index (χ0) is 28.0. The van der Waals surface area contributed by atoms with Crippen LogP contribution in [0.3, 0.4) is 0 Å². The first-order valence-electron chi connectivity index (χ1n) is 9.80. The van der Waals surface area contributed by atoms with E-state index in [9.17, 15) is 36.2 Å². The van der Waals surface area contributed by atoms with Crippen LogP contribution in [0.4, 0.5) is 22.9 Å². The normalized spacial score (nSPS) is 12.3. The van der Waals surface area contributed by atoms with E-state index < -0.39 is 52.9 Å². The first kappa shape index (κ1) is 27.7. The van der Waals surface area contributed by atoms with E-state index in [2.05, 4.69) is 25.5 Å². The molecule has 0 atom stereocenters. The number of nitrogens with one attached hydrogen (secondary N) is 1. The lowest BCUT2D eigenvalue weighted by molar-refractivity contribution is 0.471. The van der Waals surface area contributed by atoms with E-state index in [1.165, 1.54) is 18.2 Å². The van der Waals surface area contributed by atoms with Gasteiger partial charge in [-0.2, -0.15) is 21.8 Å². The molecule has 198 valence electrons. The van der Waals surface area contributed by atoms with Gasteiger partial charge in [-0.1, -0.05) is 23.2 Å². The van der Waals surface area contributed by atoms with Crippen LogP contribution in [0.25, 0.3) is 10.8 Å². The van der Waals surface area contributed by atoms with E-state index in [-0.39, 0.29) is 32.0 Å². The lowest BCUT2D eigenvalue weighted by Gasteiger charge is -2.12. The molecule has 1 heterocycles. The van der Waals surface area contributed by atoms with Gasteiger partial charge >= 0.3 is 0 Å². The van der Waals surface area contributed by atoms with Crippen LogP contribution < -0.4 is 5.32 Å². The molecule has 0 aliphatic rings. The standard InChI is InChI=1S/C20H12Cl3N5O8S2/c21-15-18(22)25-20(23)26-19(15)24-9-1-3-11-8(5-9)6-14(38(34,35)36)16(17(11)30)28-27-12-7-10(37(31,32)33)2-4-13(12)29/h1-7,29-30H,(H,24,25,26)(H,31,32,33)(H,34,35,36). The summed E-state index contributed by atoms with van der Waals surface area (Å²) in [6.45, 7) is 0. The topological polar surface area (TPSA) is 212 Å². The highest BCUT2D eigenvalue weighted by molar-refractivity contribution is 7.86. The van der Waals surface area contributed by atoms with Gasteiger partial charge in [-0.3, -0.25) is 9.11 Å². The van der Waals surface area contributed by atoms with Crippen LogP contribution in [0, 0.1) is 0 Å². The Labute approximate surface area is 228 Å². The molecule has 0 fully saturated rings. The molecule has 4 rings (SSSR count). The van der Waals surface area contributed by atoms with Crippen molar-refractivity contribution in [1.82, 2.24) is 9.97 Å². The summed E-state index contributed by atoms with van der Waals surface area (Å²) in [6.07, 6.45) is 0. The molecule has 0 unspecified atom stereocenters. The Morgan fingerprint density at radius 2 is 1.55 bits per heavy atom. The molecule has 13 nitrogen and oxygen atoms in total. The predicted molar refractivity (Wildman–Crippen MR) is 138 cm³/mol. The van der Waals surface area contributed by atoms with Crippen molar-refractivity contribution in [2.24, 2.45) is 10.2 Å². The van der Waals surface area contributed by atoms with Gasteiger partial charge in [0.1, 0.15) is 27.0 Å². The molecule has 0 radical (unpaired) electrons. The van der Waals surface area contributed by atoms with Crippen molar-refractivity contribution in [2.75, 3.05) is 5.32 Å². The Balaban J connectivity index is 1.84. The van der Waals surface area contributed by atoms with Gasteiger partial charge < -0.3 is 15.5 Å². The molecular weight excluding hydrogens is 609 g/mol. The second-order valence-electron chi connectivity index (χ2n) is 7.38. The van der Waals surface area contributed by atoms with Gasteiger partial charge in [0.15, 0.2) is 16.7 Å². The molecule has 0 amide bonds. The van der Waals surface area contributed by atoms with E-state index in [1.807, 2.05) is 0 Å². The van der Waals surface area contributed by atoms with E-state index in [1.54, 1.807) is 0 Å². The summed E-state index contributed by atoms with van der Waals surface area (Å²) < 4.78 is 65.9. The average molecular weight is 621 g/mol. The monoisotopic (exact) mass is 619 g/mol. The number of fused-ring (bicyclic) bond motifs is 1. The maximum absolute atomic E-state index is 12.1. The molecule has 0 aliphatic heterocycles. The minimum atomic E-state index is -4.99. The highest BCUT2D eigenvalue weighted by Crippen LogP contribution is 2.43. The maximum Gasteiger partial charge on any atom is 0.296 e. The van der Waals surface area contributed by atoms with E-state index in [4.69, 9.17) is 34.8 Å². The molecule has 3 aromatic carbocycles. The van der Waals surface area contributed by atoms with Crippen LogP contribution in [0.5, 0.6) is 11.5 Å². The highest BCUT2D eigenvalue weighted by Gasteiger charge is 2.23. The largest absolute Gasteiger partial charge is 0.506 e. The summed E-state index contributed by atoms with van der Waals surface area (Å²) in [5, 5.41) is 30.6. The van der Waals surface area contributed by atoms with E-state index in [0.29, 0.717) is 5.69 Å². The molecule has 18 heteroatoms. The quantitative estimate of drug-likeness (QED) is 0.0768. The van der Waals surface area contributed by atoms with Crippen LogP contribution in [0.2, 0.25) is 15.5 Å². The van der Waals surface area contributed by atoms with Gasteiger partial charge in [-0.15, -0.1) is 10.2 Å². The summed E-state index contributed by atoms with van der Waals surface area (Å²) in [6, 6.07) is 7.75. The number of hydrogen-bond donors (Lipinski definition) is 5. The van der Waals surface area contributed by atoms with Crippen molar-refractivity contribution in [2.45, 2.75) is 9.79 Å². The van der Waals surface area contributed by atoms with Crippen molar-refractivity contribution in [3.63, 3.8) is 0 Å². The number of phenolic OH excluding ortho intramolecular Hbond substituents is 2. The number of azo groups is 1. The van der Waals surface area contributed by atoms with Crippen molar-refractivity contribution in [1.29, 1.82) is 0 Å². The molecule has 0 saturated heterocycles. The Morgan fingerprint density at radius 3 is 2.21 bits per heavy atom. The molecule has 0 spiro atoms. The number of halogens is 3. The second-order valence-corrected chi connectivity index (χ2v) is 11.3. The third-order valence-corrected chi connectivity index (χ3v) is 7.49. The predicted octanol–water partition coefficient (Wildman–Crippen LogP) is 5.65. The molecule has 0 bridgehead atoms. The Bertz CT molecular complexity index is 1870. The minimum Gasteiger partial charge on any atom is -0.506 e. The number of benzene rings is 3. The zero-order valence-corrected chi connectivity index (χ0v) is 22.1. The third-order valence-electron chi connectivity index (χ3n) is 4.88. The van der Waals surface area contributed by atoms with Gasteiger partial charge in [0.2, 0.25) is 5.28 Å². The molecule has 0 saturated carbocycles. The molecule has 38 heavy (non-hydrogen) atoms. The fraction of sp³-hybridized carbons (Fsp3) is 0. The summed E-state index contributed by atoms with van der Waals surface area (Å²) >= 11 is 17.8. The third kappa shape index (κ3) is 5.73. The van der Waals surface area contributed by atoms with Gasteiger partial charge in [0, 0.05) is 11.1 Å². The smallest absolute Gasteiger partial charge is 0.296 e. The summed E-state index contributed by atoms with van der Waals surface area (Å²) in [5.74, 6) is -1.26. The van der Waals surface area contributed by atoms with Crippen molar-refractivity contribution < 1.29 is 36.2 Å². The second kappa shape index (κ2) is 10.1. The van der Waals surface area contributed by atoms with Crippen LogP contribution in [-0.4, -0.2) is 46.1 Å². The van der Waals surface area contributed by atoms with Crippen molar-refractivity contribution >= 4 is 88.7 Å². The number of rotatable bonds is 6. The van der Waals surface area contributed by atoms with E-state index >= 15 is 0 Å². The fourth-order valence-corrected chi connectivity index (χ4v) is 4.86. The number of aromatic nitrogens is 2. The molecular formula is C20H12Cl3N5O8S2. The Kier molecular flexibility index (Phi) is 7.37. The lowest BCUT2D eigenvalue weighted by Crippen LogP contribution is -2.00. The average Bonchev–Trinajstić information content (AvgIpc) is 2.81. The van der Waals surface area contributed by atoms with E-state index in [0.717, 1.165) is 24.3 Å². The number of hydrogen-bond acceptors (Lipinski definition) is 11. The van der Waals surface area contributed by atoms with Gasteiger partial charge in [-0.25, -0.2) is 4.98 Å². The van der Waals surface area contributed by atoms with Gasteiger partial charge in [0.05, 0.1) is 4.90 Å². The van der Waals surface area contributed by atoms with Crippen LogP contribution in [0.15, 0.2) is 62.5 Å². The molecule has 1 aromatic heterocycles. The molecule has 0 aliphatic carbocycles. The van der Waals surface area contributed by atoms with Crippen molar-refractivity contribution in [3.05, 3.63) is 57.9 Å².